The molecule has 1 amide bonds. The second-order valence-corrected chi connectivity index (χ2v) is 5.36. The molecule has 0 aromatic carbocycles. The monoisotopic (exact) mass is 277 g/mol. The van der Waals surface area contributed by atoms with Gasteiger partial charge in [0.1, 0.15) is 5.75 Å². The van der Waals surface area contributed by atoms with Crippen LogP contribution in [0.2, 0.25) is 0 Å². The number of carbonyl (C=O) groups excluding carboxylic acids is 1. The SMILES string of the molecule is C[C@H]1C[C@@H](N)CCN1C(=O)CCCOc1cccnc1. The number of rotatable bonds is 5. The number of likely N-dealkylation sites (tertiary alicyclic amines) is 1. The molecule has 0 unspecified atom stereocenters. The van der Waals surface area contributed by atoms with Gasteiger partial charge in [0.25, 0.3) is 0 Å². The summed E-state index contributed by atoms with van der Waals surface area (Å²) in [5.74, 6) is 0.955. The van der Waals surface area contributed by atoms with E-state index in [-0.39, 0.29) is 18.0 Å². The zero-order valence-corrected chi connectivity index (χ0v) is 12.0. The molecule has 2 atom stereocenters. The fourth-order valence-corrected chi connectivity index (χ4v) is 2.57. The van der Waals surface area contributed by atoms with E-state index in [0.717, 1.165) is 31.6 Å². The standard InChI is InChI=1S/C15H23N3O2/c1-12-10-13(16)6-8-18(12)15(19)5-3-9-20-14-4-2-7-17-11-14/h2,4,7,11-13H,3,5-6,8-10,16H2,1H3/t12-,13-/m0/s1. The first-order valence-electron chi connectivity index (χ1n) is 7.24. The average Bonchev–Trinajstić information content (AvgIpc) is 2.44. The minimum atomic E-state index is 0.208. The van der Waals surface area contributed by atoms with E-state index in [2.05, 4.69) is 11.9 Å². The van der Waals surface area contributed by atoms with Gasteiger partial charge >= 0.3 is 0 Å². The van der Waals surface area contributed by atoms with Crippen LogP contribution in [0.3, 0.4) is 0 Å². The molecule has 0 aliphatic carbocycles. The highest BCUT2D eigenvalue weighted by molar-refractivity contribution is 5.76. The molecule has 110 valence electrons. The zero-order chi connectivity index (χ0) is 14.4. The molecule has 0 radical (unpaired) electrons. The molecule has 1 aliphatic rings. The number of carbonyl (C=O) groups is 1. The summed E-state index contributed by atoms with van der Waals surface area (Å²) in [4.78, 5) is 18.1. The molecule has 0 saturated carbocycles. The molecular weight excluding hydrogens is 254 g/mol. The number of aromatic nitrogens is 1. The van der Waals surface area contributed by atoms with Crippen LogP contribution < -0.4 is 10.5 Å². The summed E-state index contributed by atoms with van der Waals surface area (Å²) < 4.78 is 5.53. The van der Waals surface area contributed by atoms with Gasteiger partial charge in [-0.3, -0.25) is 9.78 Å². The van der Waals surface area contributed by atoms with E-state index >= 15 is 0 Å². The van der Waals surface area contributed by atoms with Crippen molar-refractivity contribution in [3.63, 3.8) is 0 Å². The Hall–Kier alpha value is -1.62. The Morgan fingerprint density at radius 2 is 2.45 bits per heavy atom. The molecular formula is C15H23N3O2. The van der Waals surface area contributed by atoms with Gasteiger partial charge in [-0.25, -0.2) is 0 Å². The van der Waals surface area contributed by atoms with Gasteiger partial charge in [-0.15, -0.1) is 0 Å². The summed E-state index contributed by atoms with van der Waals surface area (Å²) in [6, 6.07) is 4.19. The van der Waals surface area contributed by atoms with Gasteiger partial charge in [-0.2, -0.15) is 0 Å². The van der Waals surface area contributed by atoms with Crippen molar-refractivity contribution in [3.8, 4) is 5.75 Å². The number of ether oxygens (including phenoxy) is 1. The maximum absolute atomic E-state index is 12.1. The number of piperidine rings is 1. The third kappa shape index (κ3) is 4.20. The smallest absolute Gasteiger partial charge is 0.222 e. The van der Waals surface area contributed by atoms with E-state index in [1.807, 2.05) is 17.0 Å². The number of hydrogen-bond acceptors (Lipinski definition) is 4. The van der Waals surface area contributed by atoms with E-state index in [4.69, 9.17) is 10.5 Å². The van der Waals surface area contributed by atoms with E-state index in [1.165, 1.54) is 0 Å². The van der Waals surface area contributed by atoms with Crippen LogP contribution in [0.15, 0.2) is 24.5 Å². The van der Waals surface area contributed by atoms with E-state index in [1.54, 1.807) is 12.4 Å². The summed E-state index contributed by atoms with van der Waals surface area (Å²) in [7, 11) is 0. The van der Waals surface area contributed by atoms with Gasteiger partial charge < -0.3 is 15.4 Å². The normalized spacial score (nSPS) is 22.6. The Morgan fingerprint density at radius 1 is 1.60 bits per heavy atom. The summed E-state index contributed by atoms with van der Waals surface area (Å²) in [5.41, 5.74) is 5.91. The molecule has 2 heterocycles. The molecule has 1 aromatic rings. The van der Waals surface area contributed by atoms with Gasteiger partial charge in [0.2, 0.25) is 5.91 Å². The predicted molar refractivity (Wildman–Crippen MR) is 77.4 cm³/mol. The third-order valence-corrected chi connectivity index (χ3v) is 3.68. The summed E-state index contributed by atoms with van der Waals surface area (Å²) in [5, 5.41) is 0. The Kier molecular flexibility index (Phi) is 5.35. The van der Waals surface area contributed by atoms with Crippen molar-refractivity contribution >= 4 is 5.91 Å². The van der Waals surface area contributed by atoms with Gasteiger partial charge in [-0.05, 0) is 38.3 Å². The highest BCUT2D eigenvalue weighted by Gasteiger charge is 2.26. The molecule has 1 aromatic heterocycles. The molecule has 5 heteroatoms. The van der Waals surface area contributed by atoms with Crippen molar-refractivity contribution in [2.24, 2.45) is 5.73 Å². The van der Waals surface area contributed by atoms with Crippen LogP contribution in [0.1, 0.15) is 32.6 Å². The van der Waals surface area contributed by atoms with Crippen molar-refractivity contribution in [2.45, 2.75) is 44.7 Å². The van der Waals surface area contributed by atoms with E-state index in [9.17, 15) is 4.79 Å². The maximum atomic E-state index is 12.1. The van der Waals surface area contributed by atoms with Crippen molar-refractivity contribution in [3.05, 3.63) is 24.5 Å². The zero-order valence-electron chi connectivity index (χ0n) is 12.0. The van der Waals surface area contributed by atoms with Crippen LogP contribution in [0.5, 0.6) is 5.75 Å². The Labute approximate surface area is 120 Å². The molecule has 5 nitrogen and oxygen atoms in total. The van der Waals surface area contributed by atoms with Crippen molar-refractivity contribution in [1.29, 1.82) is 0 Å². The second-order valence-electron chi connectivity index (χ2n) is 5.36. The quantitative estimate of drug-likeness (QED) is 0.830. The largest absolute Gasteiger partial charge is 0.492 e. The topological polar surface area (TPSA) is 68.5 Å². The van der Waals surface area contributed by atoms with Crippen molar-refractivity contribution in [1.82, 2.24) is 9.88 Å². The lowest BCUT2D eigenvalue weighted by Crippen LogP contribution is -2.48. The van der Waals surface area contributed by atoms with Crippen LogP contribution >= 0.6 is 0 Å². The first kappa shape index (κ1) is 14.8. The lowest BCUT2D eigenvalue weighted by molar-refractivity contribution is -0.134. The summed E-state index contributed by atoms with van der Waals surface area (Å²) in [6.07, 6.45) is 6.44. The van der Waals surface area contributed by atoms with Gasteiger partial charge in [0.15, 0.2) is 0 Å². The highest BCUT2D eigenvalue weighted by Crippen LogP contribution is 2.17. The van der Waals surface area contributed by atoms with Crippen LogP contribution in [-0.2, 0) is 4.79 Å². The minimum absolute atomic E-state index is 0.208. The van der Waals surface area contributed by atoms with E-state index in [0.29, 0.717) is 13.0 Å². The number of nitrogens with zero attached hydrogens (tertiary/aromatic N) is 2. The van der Waals surface area contributed by atoms with Crippen LogP contribution in [-0.4, -0.2) is 41.0 Å². The van der Waals surface area contributed by atoms with Crippen LogP contribution in [0.25, 0.3) is 0 Å². The van der Waals surface area contributed by atoms with Gasteiger partial charge in [0.05, 0.1) is 12.8 Å². The Balaban J connectivity index is 1.67. The number of nitrogens with two attached hydrogens (primary N) is 1. The number of amides is 1. The number of pyridine rings is 1. The molecule has 2 N–H and O–H groups in total. The molecule has 1 fully saturated rings. The Bertz CT molecular complexity index is 424. The minimum Gasteiger partial charge on any atom is -0.492 e. The molecule has 2 rings (SSSR count). The molecule has 20 heavy (non-hydrogen) atoms. The first-order chi connectivity index (χ1) is 9.66. The lowest BCUT2D eigenvalue weighted by atomic mass is 9.98. The summed E-state index contributed by atoms with van der Waals surface area (Å²) in [6.45, 7) is 3.40. The molecule has 1 aliphatic heterocycles. The second kappa shape index (κ2) is 7.24. The average molecular weight is 277 g/mol. The fourth-order valence-electron chi connectivity index (χ4n) is 2.57. The van der Waals surface area contributed by atoms with Crippen molar-refractivity contribution < 1.29 is 9.53 Å². The van der Waals surface area contributed by atoms with Crippen LogP contribution in [0, 0.1) is 0 Å². The molecule has 1 saturated heterocycles. The van der Waals surface area contributed by atoms with Gasteiger partial charge in [0, 0.05) is 31.2 Å². The number of hydrogen-bond donors (Lipinski definition) is 1. The lowest BCUT2D eigenvalue weighted by Gasteiger charge is -2.36. The molecule has 0 spiro atoms. The maximum Gasteiger partial charge on any atom is 0.222 e. The van der Waals surface area contributed by atoms with Gasteiger partial charge in [-0.1, -0.05) is 0 Å². The third-order valence-electron chi connectivity index (χ3n) is 3.68. The van der Waals surface area contributed by atoms with E-state index < -0.39 is 0 Å². The van der Waals surface area contributed by atoms with Crippen molar-refractivity contribution in [2.75, 3.05) is 13.2 Å². The summed E-state index contributed by atoms with van der Waals surface area (Å²) >= 11 is 0. The highest BCUT2D eigenvalue weighted by atomic mass is 16.5. The predicted octanol–water partition coefficient (Wildman–Crippen LogP) is 1.58. The Morgan fingerprint density at radius 3 is 3.15 bits per heavy atom. The first-order valence-corrected chi connectivity index (χ1v) is 7.24. The fraction of sp³-hybridized carbons (Fsp3) is 0.600. The van der Waals surface area contributed by atoms with Crippen LogP contribution in [0.4, 0.5) is 0 Å². The molecule has 0 bridgehead atoms.